The maximum Gasteiger partial charge on any atom is 0.119 e. The first-order chi connectivity index (χ1) is 8.14. The maximum atomic E-state index is 5.40. The molecule has 1 nitrogen and oxygen atoms in total. The van der Waals surface area contributed by atoms with Gasteiger partial charge in [-0.25, -0.2) is 0 Å². The normalized spacial score (nSPS) is 23.6. The van der Waals surface area contributed by atoms with Crippen LogP contribution in [0.1, 0.15) is 51.2 Å². The van der Waals surface area contributed by atoms with Crippen LogP contribution in [0.15, 0.2) is 18.2 Å². The van der Waals surface area contributed by atoms with E-state index in [9.17, 15) is 0 Å². The van der Waals surface area contributed by atoms with Gasteiger partial charge in [0, 0.05) is 0 Å². The van der Waals surface area contributed by atoms with Gasteiger partial charge in [-0.1, -0.05) is 26.8 Å². The Balaban J connectivity index is 2.54. The van der Waals surface area contributed by atoms with Crippen molar-refractivity contribution in [1.29, 1.82) is 0 Å². The highest BCUT2D eigenvalue weighted by atomic mass is 16.5. The predicted molar refractivity (Wildman–Crippen MR) is 72.7 cm³/mol. The van der Waals surface area contributed by atoms with Gasteiger partial charge in [0.05, 0.1) is 7.11 Å². The molecule has 1 aliphatic rings. The van der Waals surface area contributed by atoms with Gasteiger partial charge in [-0.2, -0.15) is 0 Å². The highest BCUT2D eigenvalue weighted by Gasteiger charge is 2.37. The Kier molecular flexibility index (Phi) is 3.46. The fourth-order valence-corrected chi connectivity index (χ4v) is 3.47. The van der Waals surface area contributed by atoms with Crippen LogP contribution in [0.2, 0.25) is 0 Å². The van der Waals surface area contributed by atoms with E-state index < -0.39 is 0 Å². The Morgan fingerprint density at radius 2 is 2.12 bits per heavy atom. The van der Waals surface area contributed by atoms with E-state index in [4.69, 9.17) is 4.74 Å². The quantitative estimate of drug-likeness (QED) is 0.753. The Labute approximate surface area is 105 Å². The molecule has 0 spiro atoms. The van der Waals surface area contributed by atoms with Gasteiger partial charge >= 0.3 is 0 Å². The average Bonchev–Trinajstić information content (AvgIpc) is 2.37. The van der Waals surface area contributed by atoms with Gasteiger partial charge < -0.3 is 4.74 Å². The molecule has 0 aliphatic heterocycles. The minimum absolute atomic E-state index is 0.363. The molecule has 0 aromatic heterocycles. The molecular weight excluding hydrogens is 208 g/mol. The standard InChI is InChI=1S/C16H24O/c1-5-16(12(2)3)10-6-7-13-8-9-14(17-4)11-15(13)16/h8-9,11-12H,5-7,10H2,1-4H3. The summed E-state index contributed by atoms with van der Waals surface area (Å²) in [6.07, 6.45) is 5.10. The molecule has 0 radical (unpaired) electrons. The van der Waals surface area contributed by atoms with Crippen molar-refractivity contribution in [2.24, 2.45) is 5.92 Å². The van der Waals surface area contributed by atoms with Crippen molar-refractivity contribution in [3.05, 3.63) is 29.3 Å². The summed E-state index contributed by atoms with van der Waals surface area (Å²) < 4.78 is 5.40. The monoisotopic (exact) mass is 232 g/mol. The maximum absolute atomic E-state index is 5.40. The SMILES string of the molecule is CCC1(C(C)C)CCCc2ccc(OC)cc21. The molecule has 0 saturated carbocycles. The lowest BCUT2D eigenvalue weighted by molar-refractivity contribution is 0.251. The molecule has 17 heavy (non-hydrogen) atoms. The van der Waals surface area contributed by atoms with E-state index in [0.717, 1.165) is 5.75 Å². The summed E-state index contributed by atoms with van der Waals surface area (Å²) in [5, 5.41) is 0. The third kappa shape index (κ3) is 1.96. The minimum Gasteiger partial charge on any atom is -0.497 e. The van der Waals surface area contributed by atoms with Crippen molar-refractivity contribution in [1.82, 2.24) is 0 Å². The molecule has 0 fully saturated rings. The Bertz CT molecular complexity index is 395. The zero-order chi connectivity index (χ0) is 12.5. The molecule has 0 saturated heterocycles. The van der Waals surface area contributed by atoms with Crippen LogP contribution in [0.3, 0.4) is 0 Å². The fourth-order valence-electron chi connectivity index (χ4n) is 3.47. The smallest absolute Gasteiger partial charge is 0.119 e. The Morgan fingerprint density at radius 1 is 1.35 bits per heavy atom. The molecule has 1 aliphatic carbocycles. The van der Waals surface area contributed by atoms with Gasteiger partial charge in [-0.05, 0) is 60.3 Å². The highest BCUT2D eigenvalue weighted by Crippen LogP contribution is 2.46. The zero-order valence-corrected chi connectivity index (χ0v) is 11.5. The first-order valence-electron chi connectivity index (χ1n) is 6.81. The van der Waals surface area contributed by atoms with Crippen LogP contribution in [-0.4, -0.2) is 7.11 Å². The first-order valence-corrected chi connectivity index (χ1v) is 6.81. The minimum atomic E-state index is 0.363. The fraction of sp³-hybridized carbons (Fsp3) is 0.625. The van der Waals surface area contributed by atoms with Crippen molar-refractivity contribution in [2.75, 3.05) is 7.11 Å². The second-order valence-corrected chi connectivity index (χ2v) is 5.54. The molecule has 0 N–H and O–H groups in total. The van der Waals surface area contributed by atoms with Gasteiger partial charge in [-0.15, -0.1) is 0 Å². The highest BCUT2D eigenvalue weighted by molar-refractivity contribution is 5.42. The molecule has 1 unspecified atom stereocenters. The molecule has 1 heteroatoms. The second-order valence-electron chi connectivity index (χ2n) is 5.54. The lowest BCUT2D eigenvalue weighted by Crippen LogP contribution is -2.35. The summed E-state index contributed by atoms with van der Waals surface area (Å²) in [6, 6.07) is 6.64. The number of ether oxygens (including phenoxy) is 1. The van der Waals surface area contributed by atoms with E-state index in [1.807, 2.05) is 0 Å². The number of hydrogen-bond donors (Lipinski definition) is 0. The number of benzene rings is 1. The van der Waals surface area contributed by atoms with E-state index in [-0.39, 0.29) is 0 Å². The van der Waals surface area contributed by atoms with Gasteiger partial charge in [-0.3, -0.25) is 0 Å². The number of aryl methyl sites for hydroxylation is 1. The summed E-state index contributed by atoms with van der Waals surface area (Å²) in [6.45, 7) is 7.05. The van der Waals surface area contributed by atoms with Crippen LogP contribution >= 0.6 is 0 Å². The molecule has 1 atom stereocenters. The van der Waals surface area contributed by atoms with Gasteiger partial charge in [0.15, 0.2) is 0 Å². The number of methoxy groups -OCH3 is 1. The second kappa shape index (κ2) is 4.72. The summed E-state index contributed by atoms with van der Waals surface area (Å²) in [4.78, 5) is 0. The van der Waals surface area contributed by atoms with Crippen molar-refractivity contribution in [3.63, 3.8) is 0 Å². The first kappa shape index (κ1) is 12.5. The average molecular weight is 232 g/mol. The predicted octanol–water partition coefficient (Wildman–Crippen LogP) is 4.34. The number of rotatable bonds is 3. The van der Waals surface area contributed by atoms with Gasteiger partial charge in [0.25, 0.3) is 0 Å². The van der Waals surface area contributed by atoms with Crippen molar-refractivity contribution in [2.45, 2.75) is 51.9 Å². The molecular formula is C16H24O. The van der Waals surface area contributed by atoms with Crippen LogP contribution in [0.25, 0.3) is 0 Å². The van der Waals surface area contributed by atoms with Crippen LogP contribution < -0.4 is 4.74 Å². The van der Waals surface area contributed by atoms with Gasteiger partial charge in [0.2, 0.25) is 0 Å². The molecule has 0 heterocycles. The van der Waals surface area contributed by atoms with Crippen LogP contribution in [0.4, 0.5) is 0 Å². The van der Waals surface area contributed by atoms with E-state index in [2.05, 4.69) is 39.0 Å². The van der Waals surface area contributed by atoms with E-state index in [0.29, 0.717) is 11.3 Å². The van der Waals surface area contributed by atoms with Crippen LogP contribution in [0.5, 0.6) is 5.75 Å². The molecule has 1 aromatic carbocycles. The Morgan fingerprint density at radius 3 is 2.71 bits per heavy atom. The molecule has 1 aromatic rings. The molecule has 94 valence electrons. The summed E-state index contributed by atoms with van der Waals surface area (Å²) >= 11 is 0. The van der Waals surface area contributed by atoms with Crippen molar-refractivity contribution < 1.29 is 4.74 Å². The van der Waals surface area contributed by atoms with E-state index in [1.54, 1.807) is 12.7 Å². The zero-order valence-electron chi connectivity index (χ0n) is 11.5. The lowest BCUT2D eigenvalue weighted by Gasteiger charge is -2.42. The third-order valence-corrected chi connectivity index (χ3v) is 4.66. The summed E-state index contributed by atoms with van der Waals surface area (Å²) in [7, 11) is 1.76. The van der Waals surface area contributed by atoms with Crippen molar-refractivity contribution in [3.8, 4) is 5.75 Å². The van der Waals surface area contributed by atoms with Crippen molar-refractivity contribution >= 4 is 0 Å². The number of hydrogen-bond acceptors (Lipinski definition) is 1. The molecule has 0 bridgehead atoms. The van der Waals surface area contributed by atoms with E-state index in [1.165, 1.54) is 31.2 Å². The molecule has 2 rings (SSSR count). The lowest BCUT2D eigenvalue weighted by atomic mass is 9.62. The van der Waals surface area contributed by atoms with Crippen LogP contribution in [-0.2, 0) is 11.8 Å². The summed E-state index contributed by atoms with van der Waals surface area (Å²) in [5.74, 6) is 1.70. The van der Waals surface area contributed by atoms with E-state index >= 15 is 0 Å². The largest absolute Gasteiger partial charge is 0.497 e. The van der Waals surface area contributed by atoms with Gasteiger partial charge in [0.1, 0.15) is 5.75 Å². The molecule has 0 amide bonds. The summed E-state index contributed by atoms with van der Waals surface area (Å²) in [5.41, 5.74) is 3.44. The number of fused-ring (bicyclic) bond motifs is 1. The Hall–Kier alpha value is -0.980. The van der Waals surface area contributed by atoms with Crippen LogP contribution in [0, 0.1) is 5.92 Å². The topological polar surface area (TPSA) is 9.23 Å². The third-order valence-electron chi connectivity index (χ3n) is 4.66.